The van der Waals surface area contributed by atoms with Crippen molar-refractivity contribution < 1.29 is 23.4 Å². The van der Waals surface area contributed by atoms with Gasteiger partial charge in [0.05, 0.1) is 19.3 Å². The Morgan fingerprint density at radius 2 is 2.03 bits per heavy atom. The highest BCUT2D eigenvalue weighted by molar-refractivity contribution is 6.15. The first-order chi connectivity index (χ1) is 16.3. The highest BCUT2D eigenvalue weighted by Crippen LogP contribution is 2.62. The molecule has 2 unspecified atom stereocenters. The van der Waals surface area contributed by atoms with Crippen LogP contribution < -0.4 is 4.74 Å². The van der Waals surface area contributed by atoms with Crippen molar-refractivity contribution in [1.29, 1.82) is 0 Å². The molecule has 2 atom stereocenters. The molecule has 0 saturated heterocycles. The Hall–Kier alpha value is -2.25. The first kappa shape index (κ1) is 24.9. The quantitative estimate of drug-likeness (QED) is 0.493. The zero-order valence-corrected chi connectivity index (χ0v) is 20.9. The van der Waals surface area contributed by atoms with Crippen molar-refractivity contribution in [2.75, 3.05) is 34.0 Å². The van der Waals surface area contributed by atoms with Crippen molar-refractivity contribution >= 4 is 11.7 Å². The monoisotopic (exact) mass is 472 g/mol. The summed E-state index contributed by atoms with van der Waals surface area (Å²) in [6.45, 7) is 8.51. The van der Waals surface area contributed by atoms with Crippen LogP contribution in [0, 0.1) is 5.41 Å². The Balaban J connectivity index is 1.80. The molecule has 3 aliphatic rings. The third kappa shape index (κ3) is 4.07. The van der Waals surface area contributed by atoms with Gasteiger partial charge in [0.2, 0.25) is 0 Å². The number of alkyl halides is 1. The molecule has 6 nitrogen and oxygen atoms in total. The van der Waals surface area contributed by atoms with Gasteiger partial charge < -0.3 is 14.2 Å². The summed E-state index contributed by atoms with van der Waals surface area (Å²) in [6.07, 6.45) is 3.95. The number of halogens is 1. The minimum atomic E-state index is -1.17. The van der Waals surface area contributed by atoms with Crippen molar-refractivity contribution in [2.45, 2.75) is 70.2 Å². The van der Waals surface area contributed by atoms with E-state index in [0.29, 0.717) is 30.4 Å². The van der Waals surface area contributed by atoms with Gasteiger partial charge in [0.15, 0.2) is 5.54 Å². The summed E-state index contributed by atoms with van der Waals surface area (Å²) in [7, 11) is 3.42. The van der Waals surface area contributed by atoms with E-state index in [1.54, 1.807) is 14.2 Å². The first-order valence-electron chi connectivity index (χ1n) is 12.3. The number of amides is 1. The Kier molecular flexibility index (Phi) is 7.15. The summed E-state index contributed by atoms with van der Waals surface area (Å²) in [4.78, 5) is 21.0. The maximum absolute atomic E-state index is 14.3. The van der Waals surface area contributed by atoms with E-state index in [1.165, 1.54) is 11.8 Å². The number of fused-ring (bicyclic) bond motifs is 3. The topological polar surface area (TPSA) is 60.4 Å². The van der Waals surface area contributed by atoms with Crippen LogP contribution in [-0.2, 0) is 26.2 Å². The molecule has 4 rings (SSSR count). The molecular formula is C27H37FN2O4. The number of ether oxygens (including phenoxy) is 3. The van der Waals surface area contributed by atoms with E-state index in [1.807, 2.05) is 19.1 Å². The van der Waals surface area contributed by atoms with Crippen LogP contribution in [0.2, 0.25) is 0 Å². The molecule has 0 bridgehead atoms. The summed E-state index contributed by atoms with van der Waals surface area (Å²) in [5.74, 6) is 1.08. The van der Waals surface area contributed by atoms with E-state index >= 15 is 0 Å². The zero-order valence-electron chi connectivity index (χ0n) is 20.9. The van der Waals surface area contributed by atoms with Gasteiger partial charge in [-0.05, 0) is 74.8 Å². The van der Waals surface area contributed by atoms with Gasteiger partial charge in [0.1, 0.15) is 17.8 Å². The molecule has 1 saturated carbocycles. The highest BCUT2D eigenvalue weighted by Gasteiger charge is 2.66. The molecule has 2 spiro atoms. The number of nitrogens with zero attached hydrogens (tertiary/aromatic N) is 2. The standard InChI is InChI=1S/C27H37FN2O4/c1-18(2)24-29-27(25(31)30(24)17-19(3)28)23-15-22(34-14-6-13-32-4)8-7-20(23)16-26(27)11-9-21(33-5)10-12-26/h7-8,15,19,21H,1,6,9-14,16-17H2,2-5H3. The number of amidine groups is 1. The molecule has 2 aliphatic carbocycles. The molecule has 1 aliphatic heterocycles. The van der Waals surface area contributed by atoms with Gasteiger partial charge in [-0.3, -0.25) is 9.69 Å². The van der Waals surface area contributed by atoms with Crippen LogP contribution >= 0.6 is 0 Å². The molecule has 0 radical (unpaired) electrons. The van der Waals surface area contributed by atoms with Crippen LogP contribution in [0.1, 0.15) is 57.1 Å². The number of hydrogen-bond acceptors (Lipinski definition) is 5. The number of hydrogen-bond donors (Lipinski definition) is 0. The van der Waals surface area contributed by atoms with E-state index in [9.17, 15) is 9.18 Å². The summed E-state index contributed by atoms with van der Waals surface area (Å²) in [6, 6.07) is 6.03. The van der Waals surface area contributed by atoms with Crippen molar-refractivity contribution in [3.8, 4) is 5.75 Å². The molecule has 0 N–H and O–H groups in total. The molecule has 1 fully saturated rings. The fourth-order valence-electron chi connectivity index (χ4n) is 6.05. The average molecular weight is 473 g/mol. The predicted molar refractivity (Wildman–Crippen MR) is 130 cm³/mol. The highest BCUT2D eigenvalue weighted by atomic mass is 19.1. The predicted octanol–water partition coefficient (Wildman–Crippen LogP) is 4.60. The van der Waals surface area contributed by atoms with E-state index in [4.69, 9.17) is 19.2 Å². The summed E-state index contributed by atoms with van der Waals surface area (Å²) in [5.41, 5.74) is 1.23. The lowest BCUT2D eigenvalue weighted by Crippen LogP contribution is -2.52. The lowest BCUT2D eigenvalue weighted by molar-refractivity contribution is -0.138. The summed E-state index contributed by atoms with van der Waals surface area (Å²) >= 11 is 0. The van der Waals surface area contributed by atoms with Gasteiger partial charge in [0.25, 0.3) is 5.91 Å². The van der Waals surface area contributed by atoms with E-state index in [-0.39, 0.29) is 24.0 Å². The third-order valence-corrected chi connectivity index (χ3v) is 7.65. The van der Waals surface area contributed by atoms with Gasteiger partial charge in [-0.25, -0.2) is 9.38 Å². The molecule has 1 aromatic rings. The maximum Gasteiger partial charge on any atom is 0.261 e. The number of methoxy groups -OCH3 is 2. The Bertz CT molecular complexity index is 967. The minimum absolute atomic E-state index is 0.0222. The largest absolute Gasteiger partial charge is 0.493 e. The number of benzene rings is 1. The maximum atomic E-state index is 14.3. The molecule has 186 valence electrons. The van der Waals surface area contributed by atoms with E-state index < -0.39 is 11.7 Å². The number of aliphatic imine (C=N–C) groups is 1. The fourth-order valence-corrected chi connectivity index (χ4v) is 6.05. The van der Waals surface area contributed by atoms with Crippen LogP contribution in [-0.4, -0.2) is 62.9 Å². The first-order valence-corrected chi connectivity index (χ1v) is 12.3. The van der Waals surface area contributed by atoms with Gasteiger partial charge >= 0.3 is 0 Å². The number of rotatable bonds is 9. The number of carbonyl (C=O) groups is 1. The van der Waals surface area contributed by atoms with Crippen LogP contribution in [0.15, 0.2) is 35.3 Å². The third-order valence-electron chi connectivity index (χ3n) is 7.65. The Morgan fingerprint density at radius 3 is 2.65 bits per heavy atom. The van der Waals surface area contributed by atoms with Gasteiger partial charge in [0, 0.05) is 32.7 Å². The lowest BCUT2D eigenvalue weighted by Gasteiger charge is -2.45. The summed E-state index contributed by atoms with van der Waals surface area (Å²) < 4.78 is 31.0. The second kappa shape index (κ2) is 9.78. The van der Waals surface area contributed by atoms with E-state index in [2.05, 4.69) is 12.6 Å². The molecule has 0 aromatic heterocycles. The van der Waals surface area contributed by atoms with Crippen LogP contribution in [0.4, 0.5) is 4.39 Å². The molecule has 1 aromatic carbocycles. The van der Waals surface area contributed by atoms with Gasteiger partial charge in [-0.15, -0.1) is 0 Å². The van der Waals surface area contributed by atoms with Crippen molar-refractivity contribution in [1.82, 2.24) is 4.90 Å². The van der Waals surface area contributed by atoms with Crippen LogP contribution in [0.5, 0.6) is 5.75 Å². The number of carbonyl (C=O) groups excluding carboxylic acids is 1. The molecule has 1 amide bonds. The lowest BCUT2D eigenvalue weighted by atomic mass is 9.61. The smallest absolute Gasteiger partial charge is 0.261 e. The Morgan fingerprint density at radius 1 is 1.29 bits per heavy atom. The van der Waals surface area contributed by atoms with E-state index in [0.717, 1.165) is 49.7 Å². The van der Waals surface area contributed by atoms with Crippen LogP contribution in [0.3, 0.4) is 0 Å². The minimum Gasteiger partial charge on any atom is -0.493 e. The van der Waals surface area contributed by atoms with Gasteiger partial charge in [-0.1, -0.05) is 12.6 Å². The fraction of sp³-hybridized carbons (Fsp3) is 0.630. The molecular weight excluding hydrogens is 435 g/mol. The van der Waals surface area contributed by atoms with Crippen LogP contribution in [0.25, 0.3) is 0 Å². The summed E-state index contributed by atoms with van der Waals surface area (Å²) in [5, 5.41) is 0. The second-order valence-electron chi connectivity index (χ2n) is 10.0. The second-order valence-corrected chi connectivity index (χ2v) is 10.0. The normalized spacial score (nSPS) is 29.0. The van der Waals surface area contributed by atoms with Gasteiger partial charge in [-0.2, -0.15) is 0 Å². The molecule has 1 heterocycles. The zero-order chi connectivity index (χ0) is 24.5. The van der Waals surface area contributed by atoms with Crippen molar-refractivity contribution in [3.05, 3.63) is 41.5 Å². The average Bonchev–Trinajstić information content (AvgIpc) is 3.25. The van der Waals surface area contributed by atoms with Crippen molar-refractivity contribution in [3.63, 3.8) is 0 Å². The molecule has 7 heteroatoms. The van der Waals surface area contributed by atoms with Crippen molar-refractivity contribution in [2.24, 2.45) is 10.4 Å². The SMILES string of the molecule is C=C(C)C1=NC2(C(=O)N1CC(C)F)c1cc(OCCCOC)ccc1CC21CCC(OC)CC1. The molecule has 34 heavy (non-hydrogen) atoms. The Labute approximate surface area is 202 Å².